The minimum Gasteiger partial charge on any atom is -0.444 e. The lowest BCUT2D eigenvalue weighted by Crippen LogP contribution is -2.51. The first-order valence-corrected chi connectivity index (χ1v) is 9.20. The van der Waals surface area contributed by atoms with Crippen molar-refractivity contribution >= 4 is 12.0 Å². The maximum absolute atomic E-state index is 13.1. The van der Waals surface area contributed by atoms with Crippen LogP contribution in [0.2, 0.25) is 0 Å². The molecule has 1 fully saturated rings. The van der Waals surface area contributed by atoms with E-state index >= 15 is 0 Å². The van der Waals surface area contributed by atoms with Crippen LogP contribution in [-0.4, -0.2) is 53.6 Å². The summed E-state index contributed by atoms with van der Waals surface area (Å²) in [6, 6.07) is 6.36. The molecule has 1 aliphatic heterocycles. The summed E-state index contributed by atoms with van der Waals surface area (Å²) in [5.41, 5.74) is 0.461. The zero-order valence-electron chi connectivity index (χ0n) is 16.1. The zero-order chi connectivity index (χ0) is 19.3. The predicted molar refractivity (Wildman–Crippen MR) is 98.4 cm³/mol. The first-order chi connectivity index (χ1) is 12.2. The molecular formula is C20H29FN2O3. The Balaban J connectivity index is 1.87. The van der Waals surface area contributed by atoms with E-state index < -0.39 is 5.60 Å². The van der Waals surface area contributed by atoms with Gasteiger partial charge in [-0.1, -0.05) is 19.1 Å². The monoisotopic (exact) mass is 364 g/mol. The molecule has 1 aromatic rings. The average molecular weight is 364 g/mol. The maximum Gasteiger partial charge on any atom is 0.410 e. The van der Waals surface area contributed by atoms with E-state index in [0.29, 0.717) is 32.6 Å². The third-order valence-electron chi connectivity index (χ3n) is 4.54. The number of piperazine rings is 1. The van der Waals surface area contributed by atoms with Crippen molar-refractivity contribution in [3.8, 4) is 0 Å². The molecule has 0 N–H and O–H groups in total. The van der Waals surface area contributed by atoms with Crippen molar-refractivity contribution in [2.45, 2.75) is 52.1 Å². The molecular weight excluding hydrogens is 335 g/mol. The highest BCUT2D eigenvalue weighted by molar-refractivity contribution is 5.77. The molecule has 26 heavy (non-hydrogen) atoms. The fraction of sp³-hybridized carbons (Fsp3) is 0.600. The average Bonchev–Trinajstić information content (AvgIpc) is 2.59. The van der Waals surface area contributed by atoms with Gasteiger partial charge in [0.05, 0.1) is 0 Å². The Hall–Kier alpha value is -2.11. The van der Waals surface area contributed by atoms with Crippen molar-refractivity contribution in [2.75, 3.05) is 26.2 Å². The first kappa shape index (κ1) is 20.2. The smallest absolute Gasteiger partial charge is 0.410 e. The SMILES string of the molecule is CCC(CC(=O)N1CCN(C(=O)OC(C)(C)C)CC1)c1ccc(F)cc1. The quantitative estimate of drug-likeness (QED) is 0.817. The lowest BCUT2D eigenvalue weighted by molar-refractivity contribution is -0.133. The van der Waals surface area contributed by atoms with Crippen molar-refractivity contribution in [1.82, 2.24) is 9.80 Å². The van der Waals surface area contributed by atoms with Gasteiger partial charge in [0.2, 0.25) is 5.91 Å². The molecule has 2 rings (SSSR count). The molecule has 1 saturated heterocycles. The minimum absolute atomic E-state index is 0.0741. The van der Waals surface area contributed by atoms with E-state index in [0.717, 1.165) is 12.0 Å². The summed E-state index contributed by atoms with van der Waals surface area (Å²) >= 11 is 0. The number of ether oxygens (including phenoxy) is 1. The minimum atomic E-state index is -0.520. The summed E-state index contributed by atoms with van der Waals surface area (Å²) < 4.78 is 18.5. The van der Waals surface area contributed by atoms with E-state index in [1.807, 2.05) is 27.7 Å². The molecule has 1 aliphatic rings. The number of hydrogen-bond acceptors (Lipinski definition) is 3. The van der Waals surface area contributed by atoms with E-state index in [-0.39, 0.29) is 23.7 Å². The van der Waals surface area contributed by atoms with Crippen molar-refractivity contribution in [3.05, 3.63) is 35.6 Å². The Kier molecular flexibility index (Phi) is 6.62. The molecule has 0 bridgehead atoms. The fourth-order valence-corrected chi connectivity index (χ4v) is 3.04. The summed E-state index contributed by atoms with van der Waals surface area (Å²) in [7, 11) is 0. The Bertz CT molecular complexity index is 617. The van der Waals surface area contributed by atoms with Crippen molar-refractivity contribution in [2.24, 2.45) is 0 Å². The molecule has 2 amide bonds. The number of hydrogen-bond donors (Lipinski definition) is 0. The van der Waals surface area contributed by atoms with E-state index in [9.17, 15) is 14.0 Å². The highest BCUT2D eigenvalue weighted by Crippen LogP contribution is 2.25. The van der Waals surface area contributed by atoms with Crippen LogP contribution in [0, 0.1) is 5.82 Å². The van der Waals surface area contributed by atoms with Crippen LogP contribution in [0.1, 0.15) is 52.0 Å². The highest BCUT2D eigenvalue weighted by atomic mass is 19.1. The van der Waals surface area contributed by atoms with E-state index in [2.05, 4.69) is 0 Å². The second-order valence-corrected chi connectivity index (χ2v) is 7.71. The van der Waals surface area contributed by atoms with Gasteiger partial charge in [0.15, 0.2) is 0 Å². The van der Waals surface area contributed by atoms with Crippen molar-refractivity contribution in [3.63, 3.8) is 0 Å². The summed E-state index contributed by atoms with van der Waals surface area (Å²) in [6.45, 7) is 9.53. The number of amides is 2. The van der Waals surface area contributed by atoms with Crippen LogP contribution in [0.3, 0.4) is 0 Å². The first-order valence-electron chi connectivity index (χ1n) is 9.20. The summed E-state index contributed by atoms with van der Waals surface area (Å²) in [5.74, 6) is -0.120. The molecule has 0 radical (unpaired) electrons. The van der Waals surface area contributed by atoms with Gasteiger partial charge >= 0.3 is 6.09 Å². The lowest BCUT2D eigenvalue weighted by Gasteiger charge is -2.36. The van der Waals surface area contributed by atoms with Gasteiger partial charge in [0, 0.05) is 32.6 Å². The Morgan fingerprint density at radius 1 is 1.08 bits per heavy atom. The largest absolute Gasteiger partial charge is 0.444 e. The molecule has 0 aromatic heterocycles. The van der Waals surface area contributed by atoms with Crippen LogP contribution in [0.15, 0.2) is 24.3 Å². The van der Waals surface area contributed by atoms with Crippen molar-refractivity contribution in [1.29, 1.82) is 0 Å². The maximum atomic E-state index is 13.1. The van der Waals surface area contributed by atoms with Gasteiger partial charge in [-0.25, -0.2) is 9.18 Å². The van der Waals surface area contributed by atoms with E-state index in [4.69, 9.17) is 4.74 Å². The summed E-state index contributed by atoms with van der Waals surface area (Å²) in [5, 5.41) is 0. The van der Waals surface area contributed by atoms with E-state index in [1.54, 1.807) is 21.9 Å². The molecule has 1 aromatic carbocycles. The van der Waals surface area contributed by atoms with Gasteiger partial charge < -0.3 is 14.5 Å². The van der Waals surface area contributed by atoms with Gasteiger partial charge in [-0.2, -0.15) is 0 Å². The summed E-state index contributed by atoms with van der Waals surface area (Å²) in [4.78, 5) is 28.2. The van der Waals surface area contributed by atoms with Crippen LogP contribution in [0.5, 0.6) is 0 Å². The molecule has 1 heterocycles. The Morgan fingerprint density at radius 3 is 2.12 bits per heavy atom. The molecule has 5 nitrogen and oxygen atoms in total. The van der Waals surface area contributed by atoms with Gasteiger partial charge in [-0.15, -0.1) is 0 Å². The van der Waals surface area contributed by atoms with E-state index in [1.165, 1.54) is 12.1 Å². The normalized spacial score (nSPS) is 16.3. The standard InChI is InChI=1S/C20H29FN2O3/c1-5-15(16-6-8-17(21)9-7-16)14-18(24)22-10-12-23(13-11-22)19(25)26-20(2,3)4/h6-9,15H,5,10-14H2,1-4H3. The summed E-state index contributed by atoms with van der Waals surface area (Å²) in [6.07, 6.45) is 0.881. The number of carbonyl (C=O) groups excluding carboxylic acids is 2. The van der Waals surface area contributed by atoms with Crippen LogP contribution < -0.4 is 0 Å². The van der Waals surface area contributed by atoms with Gasteiger partial charge in [0.25, 0.3) is 0 Å². The second-order valence-electron chi connectivity index (χ2n) is 7.71. The predicted octanol–water partition coefficient (Wildman–Crippen LogP) is 3.79. The number of rotatable bonds is 4. The number of benzene rings is 1. The van der Waals surface area contributed by atoms with Gasteiger partial charge in [0.1, 0.15) is 11.4 Å². The van der Waals surface area contributed by atoms with Crippen LogP contribution in [0.4, 0.5) is 9.18 Å². The molecule has 1 unspecified atom stereocenters. The van der Waals surface area contributed by atoms with Crippen molar-refractivity contribution < 1.29 is 18.7 Å². The van der Waals surface area contributed by atoms with Gasteiger partial charge in [-0.05, 0) is 50.8 Å². The molecule has 1 atom stereocenters. The second kappa shape index (κ2) is 8.52. The Morgan fingerprint density at radius 2 is 1.62 bits per heavy atom. The number of carbonyl (C=O) groups is 2. The molecule has 144 valence electrons. The third kappa shape index (κ3) is 5.71. The van der Waals surface area contributed by atoms with Crippen LogP contribution in [0.25, 0.3) is 0 Å². The molecule has 0 aliphatic carbocycles. The molecule has 0 saturated carbocycles. The zero-order valence-corrected chi connectivity index (χ0v) is 16.1. The number of nitrogens with zero attached hydrogens (tertiary/aromatic N) is 2. The van der Waals surface area contributed by atoms with Gasteiger partial charge in [-0.3, -0.25) is 4.79 Å². The lowest BCUT2D eigenvalue weighted by atomic mass is 9.92. The Labute approximate surface area is 155 Å². The highest BCUT2D eigenvalue weighted by Gasteiger charge is 2.28. The molecule has 0 spiro atoms. The third-order valence-corrected chi connectivity index (χ3v) is 4.54. The fourth-order valence-electron chi connectivity index (χ4n) is 3.04. The molecule has 6 heteroatoms. The van der Waals surface area contributed by atoms with Crippen LogP contribution >= 0.6 is 0 Å². The number of halogens is 1. The van der Waals surface area contributed by atoms with Crippen LogP contribution in [-0.2, 0) is 9.53 Å². The topological polar surface area (TPSA) is 49.9 Å².